The maximum Gasteiger partial charge on any atom is 0.274 e. The molecular weight excluding hydrogens is 282 g/mol. The molecule has 2 heterocycles. The second-order valence-electron chi connectivity index (χ2n) is 4.42. The number of nitrogens with zero attached hydrogens (tertiary/aromatic N) is 3. The lowest BCUT2D eigenvalue weighted by Crippen LogP contribution is -2.47. The summed E-state index contributed by atoms with van der Waals surface area (Å²) >= 11 is 0. The summed E-state index contributed by atoms with van der Waals surface area (Å²) in [6, 6.07) is -1.20. The van der Waals surface area contributed by atoms with Crippen molar-refractivity contribution in [3.63, 3.8) is 0 Å². The molecule has 0 aromatic carbocycles. The fourth-order valence-electron chi connectivity index (χ4n) is 2.11. The lowest BCUT2D eigenvalue weighted by molar-refractivity contribution is -0.310. The zero-order valence-corrected chi connectivity index (χ0v) is 10.8. The molecule has 21 heavy (non-hydrogen) atoms. The van der Waals surface area contributed by atoms with Gasteiger partial charge in [-0.05, 0) is 0 Å². The van der Waals surface area contributed by atoms with Crippen LogP contribution in [0.15, 0.2) is 18.6 Å². The Morgan fingerprint density at radius 3 is 2.67 bits per heavy atom. The minimum absolute atomic E-state index is 0.00991. The first-order valence-corrected chi connectivity index (χ1v) is 6.08. The van der Waals surface area contributed by atoms with E-state index in [-0.39, 0.29) is 18.7 Å². The third-order valence-corrected chi connectivity index (χ3v) is 3.01. The molecule has 0 aliphatic carbocycles. The standard InChI is InChI=1S/C12H13N3O6/c16-10(17)6-21-7-3-9(12(19)20)15(5-7)11(18)8-4-13-1-2-14-8/h1-2,4,7,9H,3,5-6H2,(H,16,17)(H,19,20)/p-2/t7-,9+/m1/s1. The number of likely N-dealkylation sites (tertiary alicyclic amines) is 1. The molecule has 1 aliphatic rings. The first-order valence-electron chi connectivity index (χ1n) is 6.08. The van der Waals surface area contributed by atoms with E-state index in [9.17, 15) is 24.6 Å². The number of ether oxygens (including phenoxy) is 1. The molecule has 1 amide bonds. The largest absolute Gasteiger partial charge is 0.548 e. The topological polar surface area (TPSA) is 136 Å². The van der Waals surface area contributed by atoms with Crippen molar-refractivity contribution in [2.45, 2.75) is 18.6 Å². The van der Waals surface area contributed by atoms with Crippen molar-refractivity contribution in [3.8, 4) is 0 Å². The number of hydrogen-bond acceptors (Lipinski definition) is 8. The van der Waals surface area contributed by atoms with E-state index in [1.54, 1.807) is 0 Å². The quantitative estimate of drug-likeness (QED) is 0.547. The number of aliphatic carboxylic acids is 2. The van der Waals surface area contributed by atoms with Gasteiger partial charge in [0.25, 0.3) is 5.91 Å². The molecule has 1 fully saturated rings. The minimum atomic E-state index is -1.44. The Morgan fingerprint density at radius 2 is 2.10 bits per heavy atom. The summed E-state index contributed by atoms with van der Waals surface area (Å²) in [5.74, 6) is -3.48. The third kappa shape index (κ3) is 3.51. The van der Waals surface area contributed by atoms with Crippen LogP contribution in [-0.2, 0) is 14.3 Å². The van der Waals surface area contributed by atoms with Crippen LogP contribution in [0.3, 0.4) is 0 Å². The molecule has 0 unspecified atom stereocenters. The van der Waals surface area contributed by atoms with Crippen molar-refractivity contribution in [2.75, 3.05) is 13.2 Å². The number of carbonyl (C=O) groups excluding carboxylic acids is 3. The predicted molar refractivity (Wildman–Crippen MR) is 61.2 cm³/mol. The molecule has 2 rings (SSSR count). The fraction of sp³-hybridized carbons (Fsp3) is 0.417. The highest BCUT2D eigenvalue weighted by Crippen LogP contribution is 2.21. The Labute approximate surface area is 119 Å². The zero-order valence-electron chi connectivity index (χ0n) is 10.8. The van der Waals surface area contributed by atoms with Crippen molar-refractivity contribution >= 4 is 17.8 Å². The maximum atomic E-state index is 12.2. The molecule has 1 aliphatic heterocycles. The van der Waals surface area contributed by atoms with Crippen LogP contribution in [0.5, 0.6) is 0 Å². The van der Waals surface area contributed by atoms with Gasteiger partial charge in [0.1, 0.15) is 5.69 Å². The highest BCUT2D eigenvalue weighted by molar-refractivity contribution is 5.95. The van der Waals surface area contributed by atoms with E-state index in [4.69, 9.17) is 4.74 Å². The first kappa shape index (κ1) is 14.9. The third-order valence-electron chi connectivity index (χ3n) is 3.01. The summed E-state index contributed by atoms with van der Waals surface area (Å²) in [6.45, 7) is -0.737. The lowest BCUT2D eigenvalue weighted by Gasteiger charge is -2.24. The number of amides is 1. The van der Waals surface area contributed by atoms with E-state index in [0.717, 1.165) is 4.90 Å². The van der Waals surface area contributed by atoms with Gasteiger partial charge in [-0.3, -0.25) is 9.78 Å². The van der Waals surface area contributed by atoms with Gasteiger partial charge in [0.15, 0.2) is 0 Å². The van der Waals surface area contributed by atoms with Crippen LogP contribution in [0.1, 0.15) is 16.9 Å². The number of carbonyl (C=O) groups is 3. The van der Waals surface area contributed by atoms with E-state index >= 15 is 0 Å². The molecule has 1 aromatic heterocycles. The summed E-state index contributed by atoms with van der Waals surface area (Å²) < 4.78 is 4.98. The van der Waals surface area contributed by atoms with Gasteiger partial charge in [0, 0.05) is 25.4 Å². The van der Waals surface area contributed by atoms with Gasteiger partial charge >= 0.3 is 0 Å². The van der Waals surface area contributed by atoms with Crippen LogP contribution in [0.2, 0.25) is 0 Å². The van der Waals surface area contributed by atoms with E-state index in [1.165, 1.54) is 18.6 Å². The minimum Gasteiger partial charge on any atom is -0.548 e. The Kier molecular flexibility index (Phi) is 4.43. The molecule has 0 saturated carbocycles. The summed E-state index contributed by atoms with van der Waals surface area (Å²) in [5.41, 5.74) is -0.00991. The first-order chi connectivity index (χ1) is 9.99. The Balaban J connectivity index is 2.11. The van der Waals surface area contributed by atoms with Crippen molar-refractivity contribution in [2.24, 2.45) is 0 Å². The van der Waals surface area contributed by atoms with Crippen LogP contribution in [0.4, 0.5) is 0 Å². The van der Waals surface area contributed by atoms with Crippen molar-refractivity contribution < 1.29 is 29.3 Å². The number of rotatable bonds is 5. The fourth-order valence-corrected chi connectivity index (χ4v) is 2.11. The lowest BCUT2D eigenvalue weighted by atomic mass is 10.2. The maximum absolute atomic E-state index is 12.2. The van der Waals surface area contributed by atoms with Gasteiger partial charge < -0.3 is 29.4 Å². The average molecular weight is 293 g/mol. The summed E-state index contributed by atoms with van der Waals surface area (Å²) in [5, 5.41) is 21.5. The van der Waals surface area contributed by atoms with Gasteiger partial charge in [-0.1, -0.05) is 0 Å². The molecule has 1 saturated heterocycles. The Hall–Kier alpha value is -2.55. The Bertz CT molecular complexity index is 549. The van der Waals surface area contributed by atoms with Gasteiger partial charge in [-0.25, -0.2) is 4.98 Å². The molecule has 9 heteroatoms. The molecule has 1 aromatic rings. The van der Waals surface area contributed by atoms with Crippen LogP contribution in [0.25, 0.3) is 0 Å². The second kappa shape index (κ2) is 6.27. The number of carboxylic acids is 2. The molecule has 2 atom stereocenters. The molecule has 0 bridgehead atoms. The van der Waals surface area contributed by atoms with Gasteiger partial charge in [-0.2, -0.15) is 0 Å². The van der Waals surface area contributed by atoms with Crippen LogP contribution >= 0.6 is 0 Å². The number of hydrogen-bond donors (Lipinski definition) is 0. The summed E-state index contributed by atoms with van der Waals surface area (Å²) in [7, 11) is 0. The molecule has 0 spiro atoms. The van der Waals surface area contributed by atoms with Crippen LogP contribution < -0.4 is 10.2 Å². The number of aromatic nitrogens is 2. The van der Waals surface area contributed by atoms with Crippen molar-refractivity contribution in [3.05, 3.63) is 24.3 Å². The van der Waals surface area contributed by atoms with E-state index < -0.39 is 36.6 Å². The van der Waals surface area contributed by atoms with E-state index in [0.29, 0.717) is 0 Å². The molecule has 0 radical (unpaired) electrons. The smallest absolute Gasteiger partial charge is 0.274 e. The SMILES string of the molecule is O=C([O-])CO[C@@H]1C[C@@H](C(=O)[O-])N(C(=O)c2cnccn2)C1. The van der Waals surface area contributed by atoms with E-state index in [1.807, 2.05) is 0 Å². The highest BCUT2D eigenvalue weighted by atomic mass is 16.5. The summed E-state index contributed by atoms with van der Waals surface area (Å²) in [6.07, 6.45) is 3.13. The number of carboxylic acid groups (broad SMARTS) is 2. The van der Waals surface area contributed by atoms with Crippen LogP contribution in [-0.4, -0.2) is 58.0 Å². The van der Waals surface area contributed by atoms with Crippen LogP contribution in [0, 0.1) is 0 Å². The van der Waals surface area contributed by atoms with Gasteiger partial charge in [-0.15, -0.1) is 0 Å². The van der Waals surface area contributed by atoms with Crippen molar-refractivity contribution in [1.82, 2.24) is 14.9 Å². The van der Waals surface area contributed by atoms with E-state index in [2.05, 4.69) is 9.97 Å². The Morgan fingerprint density at radius 1 is 1.33 bits per heavy atom. The molecule has 0 N–H and O–H groups in total. The second-order valence-corrected chi connectivity index (χ2v) is 4.42. The zero-order chi connectivity index (χ0) is 15.4. The average Bonchev–Trinajstić information content (AvgIpc) is 2.89. The monoisotopic (exact) mass is 293 g/mol. The molecular formula is C12H11N3O6-2. The summed E-state index contributed by atoms with van der Waals surface area (Å²) in [4.78, 5) is 42.2. The molecule has 112 valence electrons. The highest BCUT2D eigenvalue weighted by Gasteiger charge is 2.37. The predicted octanol–water partition coefficient (Wildman–Crippen LogP) is -3.42. The van der Waals surface area contributed by atoms with Crippen molar-refractivity contribution in [1.29, 1.82) is 0 Å². The van der Waals surface area contributed by atoms with Gasteiger partial charge in [0.2, 0.25) is 0 Å². The van der Waals surface area contributed by atoms with Gasteiger partial charge in [0.05, 0.1) is 36.9 Å². The normalized spacial score (nSPS) is 21.2. The molecule has 9 nitrogen and oxygen atoms in total.